The molecule has 15 heteroatoms. The normalized spacial score (nSPS) is 15.9. The number of aromatic nitrogens is 8. The monoisotopic (exact) mass is 730 g/mol. The Labute approximate surface area is 231 Å². The predicted octanol–water partition coefficient (Wildman–Crippen LogP) is 5.10. The van der Waals surface area contributed by atoms with Gasteiger partial charge in [0.2, 0.25) is 0 Å². The van der Waals surface area contributed by atoms with Crippen molar-refractivity contribution in [2.75, 3.05) is 13.7 Å². The fourth-order valence-electron chi connectivity index (χ4n) is 3.27. The summed E-state index contributed by atoms with van der Waals surface area (Å²) in [5.74, 6) is 0. The fraction of sp³-hybridized carbons (Fsp3) is 0.421. The fourth-order valence-corrected chi connectivity index (χ4v) is 4.68. The third kappa shape index (κ3) is 5.08. The van der Waals surface area contributed by atoms with E-state index in [9.17, 15) is 4.79 Å². The van der Waals surface area contributed by atoms with E-state index in [1.54, 1.807) is 6.92 Å². The highest BCUT2D eigenvalue weighted by molar-refractivity contribution is 14.1. The Bertz CT molecular complexity index is 1390. The van der Waals surface area contributed by atoms with E-state index in [-0.39, 0.29) is 11.4 Å². The lowest BCUT2D eigenvalue weighted by Gasteiger charge is -2.22. The first kappa shape index (κ1) is 25.7. The number of fused-ring (bicyclic) bond motifs is 2. The van der Waals surface area contributed by atoms with E-state index in [1.165, 1.54) is 7.11 Å². The number of carbonyl (C=O) groups is 1. The molecule has 4 aromatic heterocycles. The van der Waals surface area contributed by atoms with E-state index in [0.29, 0.717) is 31.4 Å². The van der Waals surface area contributed by atoms with Crippen molar-refractivity contribution in [3.05, 3.63) is 29.1 Å². The summed E-state index contributed by atoms with van der Waals surface area (Å²) < 4.78 is 14.6. The van der Waals surface area contributed by atoms with Gasteiger partial charge in [0.05, 0.1) is 18.5 Å². The highest BCUT2D eigenvalue weighted by Gasteiger charge is 2.23. The summed E-state index contributed by atoms with van der Waals surface area (Å²) in [7, 11) is 1.27. The van der Waals surface area contributed by atoms with Crippen LogP contribution in [0, 0.1) is 21.2 Å². The topological polar surface area (TPSA) is 123 Å². The van der Waals surface area contributed by atoms with Crippen LogP contribution in [0.4, 0.5) is 4.79 Å². The number of halogens is 4. The highest BCUT2D eigenvalue weighted by atomic mass is 127. The molecular weight excluding hydrogens is 713 g/mol. The van der Waals surface area contributed by atoms with Crippen molar-refractivity contribution in [2.24, 2.45) is 0 Å². The van der Waals surface area contributed by atoms with Crippen molar-refractivity contribution in [3.63, 3.8) is 0 Å². The van der Waals surface area contributed by atoms with Gasteiger partial charge in [-0.25, -0.2) is 29.4 Å². The summed E-state index contributed by atoms with van der Waals surface area (Å²) in [5.41, 5.74) is 3.66. The van der Waals surface area contributed by atoms with E-state index in [2.05, 4.69) is 57.5 Å². The molecule has 1 unspecified atom stereocenters. The number of aryl methyl sites for hydroxylation is 2. The first-order valence-electron chi connectivity index (χ1n) is 10.1. The maximum atomic E-state index is 11.4. The van der Waals surface area contributed by atoms with Crippen molar-refractivity contribution in [3.8, 4) is 0 Å². The van der Waals surface area contributed by atoms with Crippen LogP contribution in [0.15, 0.2) is 0 Å². The molecule has 5 rings (SSSR count). The molecule has 5 heterocycles. The van der Waals surface area contributed by atoms with Crippen LogP contribution in [-0.2, 0) is 9.47 Å². The van der Waals surface area contributed by atoms with Crippen molar-refractivity contribution in [2.45, 2.75) is 39.3 Å². The van der Waals surface area contributed by atoms with Gasteiger partial charge in [-0.15, -0.1) is 4.68 Å². The molecule has 180 valence electrons. The molecule has 0 spiro atoms. The summed E-state index contributed by atoms with van der Waals surface area (Å²) in [4.78, 5) is 28.5. The van der Waals surface area contributed by atoms with Crippen LogP contribution >= 0.6 is 68.4 Å². The lowest BCUT2D eigenvalue weighted by Crippen LogP contribution is -2.19. The number of hydrogen-bond acceptors (Lipinski definition) is 9. The van der Waals surface area contributed by atoms with E-state index in [4.69, 9.17) is 27.9 Å². The van der Waals surface area contributed by atoms with Gasteiger partial charge in [-0.1, -0.05) is 23.2 Å². The zero-order valence-corrected chi connectivity index (χ0v) is 24.0. The molecule has 11 nitrogen and oxygen atoms in total. The Morgan fingerprint density at radius 3 is 2.15 bits per heavy atom. The molecule has 1 atom stereocenters. The number of nitrogens with zero attached hydrogens (tertiary/aromatic N) is 8. The molecule has 0 aromatic carbocycles. The molecule has 0 amide bonds. The van der Waals surface area contributed by atoms with E-state index < -0.39 is 6.09 Å². The largest absolute Gasteiger partial charge is 0.451 e. The minimum absolute atomic E-state index is 0.0437. The van der Waals surface area contributed by atoms with Gasteiger partial charge in [0.25, 0.3) is 0 Å². The van der Waals surface area contributed by atoms with E-state index in [1.807, 2.05) is 34.2 Å². The number of rotatable bonds is 1. The summed E-state index contributed by atoms with van der Waals surface area (Å²) in [6.45, 7) is 4.36. The van der Waals surface area contributed by atoms with Gasteiger partial charge in [-0.3, -0.25) is 0 Å². The molecule has 1 aliphatic heterocycles. The predicted molar refractivity (Wildman–Crippen MR) is 142 cm³/mol. The third-order valence-electron chi connectivity index (χ3n) is 4.96. The molecule has 0 radical (unpaired) electrons. The van der Waals surface area contributed by atoms with Crippen LogP contribution in [0.1, 0.15) is 36.9 Å². The van der Waals surface area contributed by atoms with Crippen LogP contribution in [0.3, 0.4) is 0 Å². The molecule has 1 saturated heterocycles. The minimum Gasteiger partial charge on any atom is -0.451 e. The summed E-state index contributed by atoms with van der Waals surface area (Å²) >= 11 is 16.0. The summed E-state index contributed by atoms with van der Waals surface area (Å²) in [5, 5.41) is 9.15. The number of ether oxygens (including phenoxy) is 2. The zero-order chi connectivity index (χ0) is 24.6. The maximum Gasteiger partial charge on any atom is 0.436 e. The second kappa shape index (κ2) is 10.7. The summed E-state index contributed by atoms with van der Waals surface area (Å²) in [6.07, 6.45) is 2.55. The van der Waals surface area contributed by atoms with Crippen molar-refractivity contribution in [1.29, 1.82) is 0 Å². The van der Waals surface area contributed by atoms with Crippen molar-refractivity contribution < 1.29 is 14.3 Å². The lowest BCUT2D eigenvalue weighted by atomic mass is 10.2. The molecule has 0 bridgehead atoms. The average Bonchev–Trinajstić information content (AvgIpc) is 3.31. The maximum absolute atomic E-state index is 11.4. The molecule has 1 fully saturated rings. The lowest BCUT2D eigenvalue weighted by molar-refractivity contribution is -0.0372. The Kier molecular flexibility index (Phi) is 8.06. The molecule has 0 saturated carbocycles. The standard InChI is InChI=1S/C11H12ClIN4O.C8H6ClIN4O2/c1-6-9(12)15-11-8(14-6)10(13)16-17(11)7-4-2-3-5-18-7;1-3-5(9)12-7-4(11-3)6(10)13-14(7)8(15)16-2/h7H,2-5H2,1H3;1-2H3. The Balaban J connectivity index is 0.000000162. The molecule has 4 aromatic rings. The van der Waals surface area contributed by atoms with Gasteiger partial charge >= 0.3 is 6.09 Å². The Hall–Kier alpha value is -1.43. The minimum atomic E-state index is -0.623. The first-order chi connectivity index (χ1) is 16.2. The second-order valence-corrected chi connectivity index (χ2v) is 10.0. The molecule has 0 N–H and O–H groups in total. The summed E-state index contributed by atoms with van der Waals surface area (Å²) in [6, 6.07) is 0. The Morgan fingerprint density at radius 1 is 0.971 bits per heavy atom. The van der Waals surface area contributed by atoms with Gasteiger partial charge in [-0.05, 0) is 78.3 Å². The van der Waals surface area contributed by atoms with Gasteiger partial charge in [-0.2, -0.15) is 10.2 Å². The quantitative estimate of drug-likeness (QED) is 0.246. The molecule has 0 aliphatic carbocycles. The van der Waals surface area contributed by atoms with Crippen LogP contribution in [-0.4, -0.2) is 59.3 Å². The number of carbonyl (C=O) groups excluding carboxylic acids is 1. The first-order valence-corrected chi connectivity index (χ1v) is 13.0. The molecule has 1 aliphatic rings. The molecular formula is C19H18Cl2I2N8O3. The van der Waals surface area contributed by atoms with Crippen LogP contribution in [0.25, 0.3) is 22.3 Å². The smallest absolute Gasteiger partial charge is 0.436 e. The second-order valence-electron chi connectivity index (χ2n) is 7.27. The van der Waals surface area contributed by atoms with Gasteiger partial charge in [0.1, 0.15) is 11.0 Å². The third-order valence-corrected chi connectivity index (χ3v) is 7.12. The van der Waals surface area contributed by atoms with Gasteiger partial charge in [0.15, 0.2) is 35.2 Å². The molecule has 34 heavy (non-hydrogen) atoms. The average molecular weight is 731 g/mol. The van der Waals surface area contributed by atoms with Gasteiger partial charge in [0, 0.05) is 6.61 Å². The number of hydrogen-bond donors (Lipinski definition) is 0. The zero-order valence-electron chi connectivity index (χ0n) is 18.2. The Morgan fingerprint density at radius 2 is 1.56 bits per heavy atom. The van der Waals surface area contributed by atoms with Crippen LogP contribution < -0.4 is 0 Å². The number of methoxy groups -OCH3 is 1. The van der Waals surface area contributed by atoms with Crippen molar-refractivity contribution in [1.82, 2.24) is 39.5 Å². The van der Waals surface area contributed by atoms with Crippen molar-refractivity contribution >= 4 is 96.8 Å². The van der Waals surface area contributed by atoms with E-state index in [0.717, 1.165) is 45.5 Å². The highest BCUT2D eigenvalue weighted by Crippen LogP contribution is 2.28. The SMILES string of the molecule is COC(=O)n1nc(I)c2nc(C)c(Cl)nc21.Cc1nc2c(I)nn(C3CCCCO3)c2nc1Cl. The van der Waals surface area contributed by atoms with Crippen LogP contribution in [0.5, 0.6) is 0 Å². The van der Waals surface area contributed by atoms with Gasteiger partial charge < -0.3 is 9.47 Å². The van der Waals surface area contributed by atoms with Crippen LogP contribution in [0.2, 0.25) is 10.3 Å². The van der Waals surface area contributed by atoms with E-state index >= 15 is 0 Å².